The Kier molecular flexibility index (Phi) is 7.38. The molecule has 0 saturated carbocycles. The van der Waals surface area contributed by atoms with Crippen LogP contribution in [-0.4, -0.2) is 24.0 Å². The van der Waals surface area contributed by atoms with Crippen LogP contribution in [0.3, 0.4) is 0 Å². The van der Waals surface area contributed by atoms with Crippen molar-refractivity contribution in [3.8, 4) is 34.1 Å². The maximum Gasteiger partial charge on any atom is 0.308 e. The van der Waals surface area contributed by atoms with Gasteiger partial charge in [0.05, 0.1) is 17.7 Å². The van der Waals surface area contributed by atoms with Crippen molar-refractivity contribution in [3.05, 3.63) is 70.7 Å². The number of ketones is 1. The van der Waals surface area contributed by atoms with E-state index in [-0.39, 0.29) is 46.6 Å². The minimum absolute atomic E-state index is 0.0131. The van der Waals surface area contributed by atoms with E-state index < -0.39 is 5.97 Å². The Morgan fingerprint density at radius 1 is 0.969 bits per heavy atom. The minimum atomic E-state index is -0.563. The maximum absolute atomic E-state index is 12.2. The zero-order valence-corrected chi connectivity index (χ0v) is 18.7. The first-order valence-electron chi connectivity index (χ1n) is 9.88. The van der Waals surface area contributed by atoms with Crippen molar-refractivity contribution in [2.75, 3.05) is 7.11 Å². The van der Waals surface area contributed by atoms with E-state index in [1.54, 1.807) is 18.2 Å². The molecular formula is C25H23ClO6. The van der Waals surface area contributed by atoms with E-state index in [2.05, 4.69) is 0 Å². The molecule has 0 aromatic heterocycles. The minimum Gasteiger partial charge on any atom is -0.507 e. The molecule has 32 heavy (non-hydrogen) atoms. The predicted octanol–water partition coefficient (Wildman–Crippen LogP) is 5.36. The van der Waals surface area contributed by atoms with Crippen molar-refractivity contribution in [3.63, 3.8) is 0 Å². The number of aromatic hydroxyl groups is 1. The van der Waals surface area contributed by atoms with Gasteiger partial charge >= 0.3 is 5.97 Å². The van der Waals surface area contributed by atoms with Crippen molar-refractivity contribution in [1.82, 2.24) is 0 Å². The molecule has 0 spiro atoms. The van der Waals surface area contributed by atoms with Crippen molar-refractivity contribution in [2.45, 2.75) is 26.9 Å². The highest BCUT2D eigenvalue weighted by atomic mass is 35.5. The quantitative estimate of drug-likeness (QED) is 0.364. The number of halogens is 1. The van der Waals surface area contributed by atoms with E-state index in [0.717, 1.165) is 5.56 Å². The molecule has 0 unspecified atom stereocenters. The number of ether oxygens (including phenoxy) is 3. The first kappa shape index (κ1) is 23.2. The third kappa shape index (κ3) is 5.21. The van der Waals surface area contributed by atoms with Crippen LogP contribution in [0.25, 0.3) is 11.1 Å². The van der Waals surface area contributed by atoms with Crippen LogP contribution in [0, 0.1) is 0 Å². The summed E-state index contributed by atoms with van der Waals surface area (Å²) in [6.45, 7) is 2.95. The zero-order valence-electron chi connectivity index (χ0n) is 18.0. The number of rotatable bonds is 8. The summed E-state index contributed by atoms with van der Waals surface area (Å²) >= 11 is 6.51. The predicted molar refractivity (Wildman–Crippen MR) is 122 cm³/mol. The maximum atomic E-state index is 12.2. The van der Waals surface area contributed by atoms with Crippen LogP contribution >= 0.6 is 11.6 Å². The Hall–Kier alpha value is -3.51. The van der Waals surface area contributed by atoms with E-state index >= 15 is 0 Å². The summed E-state index contributed by atoms with van der Waals surface area (Å²) in [6, 6.07) is 15.6. The topological polar surface area (TPSA) is 82.1 Å². The van der Waals surface area contributed by atoms with Crippen LogP contribution in [-0.2, 0) is 22.6 Å². The van der Waals surface area contributed by atoms with Gasteiger partial charge in [-0.05, 0) is 24.6 Å². The smallest absolute Gasteiger partial charge is 0.308 e. The van der Waals surface area contributed by atoms with Crippen molar-refractivity contribution in [2.24, 2.45) is 0 Å². The SMILES string of the molecule is COc1c(Cl)cc(OCc2ccccc2)c(CC(C)=O)c1-c1c(O)cccc1OC(C)=O. The first-order valence-corrected chi connectivity index (χ1v) is 10.3. The van der Waals surface area contributed by atoms with Gasteiger partial charge in [-0.2, -0.15) is 0 Å². The van der Waals surface area contributed by atoms with Crippen LogP contribution in [0.2, 0.25) is 5.02 Å². The molecule has 0 atom stereocenters. The fourth-order valence-electron chi connectivity index (χ4n) is 3.41. The molecule has 1 N–H and O–H groups in total. The molecule has 3 rings (SSSR count). The summed E-state index contributed by atoms with van der Waals surface area (Å²) in [5.41, 5.74) is 1.90. The normalized spacial score (nSPS) is 10.5. The molecule has 166 valence electrons. The number of phenolic OH excluding ortho intramolecular Hbond substituents is 1. The summed E-state index contributed by atoms with van der Waals surface area (Å²) < 4.78 is 16.9. The van der Waals surface area contributed by atoms with E-state index in [9.17, 15) is 14.7 Å². The largest absolute Gasteiger partial charge is 0.507 e. The first-order chi connectivity index (χ1) is 15.3. The third-order valence-corrected chi connectivity index (χ3v) is 4.96. The highest BCUT2D eigenvalue weighted by molar-refractivity contribution is 6.33. The molecule has 0 heterocycles. The third-order valence-electron chi connectivity index (χ3n) is 4.68. The van der Waals surface area contributed by atoms with E-state index in [4.69, 9.17) is 25.8 Å². The number of esters is 1. The number of Topliss-reactive ketones (excluding diaryl/α,β-unsaturated/α-hetero) is 1. The van der Waals surface area contributed by atoms with Gasteiger partial charge in [-0.1, -0.05) is 48.0 Å². The van der Waals surface area contributed by atoms with Crippen LogP contribution in [0.4, 0.5) is 0 Å². The van der Waals surface area contributed by atoms with Gasteiger partial charge in [0.25, 0.3) is 0 Å². The number of hydrogen-bond acceptors (Lipinski definition) is 6. The Morgan fingerprint density at radius 3 is 2.31 bits per heavy atom. The Balaban J connectivity index is 2.25. The molecule has 0 aliphatic carbocycles. The van der Waals surface area contributed by atoms with Gasteiger partial charge in [0.15, 0.2) is 0 Å². The lowest BCUT2D eigenvalue weighted by Crippen LogP contribution is -2.08. The summed E-state index contributed by atoms with van der Waals surface area (Å²) in [7, 11) is 1.43. The number of methoxy groups -OCH3 is 1. The average molecular weight is 455 g/mol. The second-order valence-electron chi connectivity index (χ2n) is 7.14. The molecule has 0 bridgehead atoms. The summed E-state index contributed by atoms with van der Waals surface area (Å²) in [6.07, 6.45) is -0.0131. The molecule has 0 amide bonds. The van der Waals surface area contributed by atoms with Gasteiger partial charge in [0.1, 0.15) is 35.4 Å². The van der Waals surface area contributed by atoms with Crippen LogP contribution in [0.15, 0.2) is 54.6 Å². The van der Waals surface area contributed by atoms with Gasteiger partial charge in [-0.15, -0.1) is 0 Å². The van der Waals surface area contributed by atoms with Crippen LogP contribution in [0.5, 0.6) is 23.0 Å². The second kappa shape index (κ2) is 10.2. The number of hydrogen-bond donors (Lipinski definition) is 1. The Bertz CT molecular complexity index is 1140. The van der Waals surface area contributed by atoms with E-state index in [1.165, 1.54) is 27.0 Å². The van der Waals surface area contributed by atoms with Crippen molar-refractivity contribution in [1.29, 1.82) is 0 Å². The number of carbonyl (C=O) groups excluding carboxylic acids is 2. The van der Waals surface area contributed by atoms with Crippen molar-refractivity contribution >= 4 is 23.4 Å². The van der Waals surface area contributed by atoms with Gasteiger partial charge in [0.2, 0.25) is 0 Å². The molecule has 3 aromatic rings. The molecule has 0 radical (unpaired) electrons. The summed E-state index contributed by atoms with van der Waals surface area (Å²) in [5.74, 6) is -0.164. The van der Waals surface area contributed by atoms with Gasteiger partial charge in [0, 0.05) is 30.5 Å². The summed E-state index contributed by atoms with van der Waals surface area (Å²) in [5, 5.41) is 10.9. The monoisotopic (exact) mass is 454 g/mol. The van der Waals surface area contributed by atoms with Gasteiger partial charge in [-0.3, -0.25) is 9.59 Å². The molecule has 0 aliphatic heterocycles. The highest BCUT2D eigenvalue weighted by Gasteiger charge is 2.26. The molecular weight excluding hydrogens is 432 g/mol. The number of benzene rings is 3. The molecule has 0 saturated heterocycles. The fourth-order valence-corrected chi connectivity index (χ4v) is 3.68. The highest BCUT2D eigenvalue weighted by Crippen LogP contribution is 2.50. The van der Waals surface area contributed by atoms with Gasteiger partial charge < -0.3 is 19.3 Å². The zero-order chi connectivity index (χ0) is 23.3. The number of phenols is 1. The lowest BCUT2D eigenvalue weighted by molar-refractivity contribution is -0.131. The standard InChI is InChI=1S/C25H23ClO6/c1-15(27)12-18-22(31-14-17-8-5-4-6-9-17)13-19(26)25(30-3)23(18)24-20(29)10-7-11-21(24)32-16(2)28/h4-11,13,29H,12,14H2,1-3H3. The molecule has 0 aliphatic rings. The lowest BCUT2D eigenvalue weighted by Gasteiger charge is -2.21. The molecule has 3 aromatic carbocycles. The average Bonchev–Trinajstić information content (AvgIpc) is 2.74. The lowest BCUT2D eigenvalue weighted by atomic mass is 9.93. The number of carbonyl (C=O) groups is 2. The molecule has 0 fully saturated rings. The summed E-state index contributed by atoms with van der Waals surface area (Å²) in [4.78, 5) is 23.9. The Morgan fingerprint density at radius 2 is 1.69 bits per heavy atom. The van der Waals surface area contributed by atoms with E-state index in [0.29, 0.717) is 16.9 Å². The van der Waals surface area contributed by atoms with Gasteiger partial charge in [-0.25, -0.2) is 0 Å². The molecule has 6 nitrogen and oxygen atoms in total. The van der Waals surface area contributed by atoms with Crippen LogP contribution < -0.4 is 14.2 Å². The Labute approximate surface area is 191 Å². The molecule has 7 heteroatoms. The van der Waals surface area contributed by atoms with E-state index in [1.807, 2.05) is 30.3 Å². The van der Waals surface area contributed by atoms with Crippen molar-refractivity contribution < 1.29 is 28.9 Å². The van der Waals surface area contributed by atoms with Crippen LogP contribution in [0.1, 0.15) is 25.0 Å². The second-order valence-corrected chi connectivity index (χ2v) is 7.55. The fraction of sp³-hybridized carbons (Fsp3) is 0.200.